The highest BCUT2D eigenvalue weighted by molar-refractivity contribution is 5.89. The second-order valence-electron chi connectivity index (χ2n) is 5.81. The molecule has 5 nitrogen and oxygen atoms in total. The fraction of sp³-hybridized carbons (Fsp3) is 0.294. The highest BCUT2D eigenvalue weighted by atomic mass is 19.1. The molecule has 0 fully saturated rings. The Morgan fingerprint density at radius 2 is 2.00 bits per heavy atom. The molecule has 0 aliphatic rings. The summed E-state index contributed by atoms with van der Waals surface area (Å²) in [6.07, 6.45) is 0. The number of carbonyl (C=O) groups excluding carboxylic acids is 1. The number of rotatable bonds is 5. The molecule has 0 atom stereocenters. The molecule has 2 N–H and O–H groups in total. The lowest BCUT2D eigenvalue weighted by Crippen LogP contribution is -2.39. The largest absolute Gasteiger partial charge is 0.478 e. The lowest BCUT2D eigenvalue weighted by molar-refractivity contribution is -0.125. The predicted molar refractivity (Wildman–Crippen MR) is 81.7 cm³/mol. The van der Waals surface area contributed by atoms with Crippen molar-refractivity contribution in [2.75, 3.05) is 0 Å². The number of amides is 1. The smallest absolute Gasteiger partial charge is 0.339 e. The van der Waals surface area contributed by atoms with Gasteiger partial charge in [-0.05, 0) is 44.5 Å². The molecule has 2 rings (SSSR count). The molecule has 0 radical (unpaired) electrons. The van der Waals surface area contributed by atoms with Crippen LogP contribution < -0.4 is 5.32 Å². The van der Waals surface area contributed by atoms with Crippen molar-refractivity contribution in [2.24, 2.45) is 0 Å². The summed E-state index contributed by atoms with van der Waals surface area (Å²) in [6.45, 7) is 4.98. The molecule has 0 aliphatic carbocycles. The van der Waals surface area contributed by atoms with Crippen molar-refractivity contribution < 1.29 is 23.5 Å². The molecule has 0 aliphatic heterocycles. The molecule has 6 heteroatoms. The Morgan fingerprint density at radius 1 is 1.30 bits per heavy atom. The lowest BCUT2D eigenvalue weighted by atomic mass is 9.83. The number of halogens is 1. The molecule has 0 saturated heterocycles. The first-order valence-corrected chi connectivity index (χ1v) is 7.08. The molecule has 1 aromatic carbocycles. The van der Waals surface area contributed by atoms with E-state index < -0.39 is 17.2 Å². The topological polar surface area (TPSA) is 79.5 Å². The summed E-state index contributed by atoms with van der Waals surface area (Å²) in [5.74, 6) is -1.16. The van der Waals surface area contributed by atoms with Gasteiger partial charge < -0.3 is 14.8 Å². The molecule has 0 unspecified atom stereocenters. The van der Waals surface area contributed by atoms with Crippen molar-refractivity contribution in [2.45, 2.75) is 32.7 Å². The quantitative estimate of drug-likeness (QED) is 0.888. The van der Waals surface area contributed by atoms with E-state index in [0.29, 0.717) is 11.3 Å². The number of hydrogen-bond acceptors (Lipinski definition) is 3. The van der Waals surface area contributed by atoms with Gasteiger partial charge in [0.05, 0.1) is 12.0 Å². The zero-order valence-electron chi connectivity index (χ0n) is 13.1. The fourth-order valence-corrected chi connectivity index (χ4v) is 2.24. The van der Waals surface area contributed by atoms with Crippen LogP contribution in [0.25, 0.3) is 0 Å². The summed E-state index contributed by atoms with van der Waals surface area (Å²) < 4.78 is 18.6. The zero-order valence-corrected chi connectivity index (χ0v) is 13.1. The highest BCUT2D eigenvalue weighted by Crippen LogP contribution is 2.24. The molecule has 122 valence electrons. The van der Waals surface area contributed by atoms with Gasteiger partial charge in [0.15, 0.2) is 0 Å². The number of benzene rings is 1. The maximum Gasteiger partial charge on any atom is 0.339 e. The van der Waals surface area contributed by atoms with Crippen molar-refractivity contribution in [3.05, 3.63) is 58.8 Å². The van der Waals surface area contributed by atoms with Gasteiger partial charge in [0.25, 0.3) is 0 Å². The molecule has 0 bridgehead atoms. The second-order valence-corrected chi connectivity index (χ2v) is 5.81. The van der Waals surface area contributed by atoms with E-state index in [1.807, 2.05) is 0 Å². The molecular formula is C17H18FNO4. The number of nitrogens with one attached hydrogen (secondary N) is 1. The Bertz CT molecular complexity index is 749. The van der Waals surface area contributed by atoms with Gasteiger partial charge in [-0.25, -0.2) is 9.18 Å². The molecular weight excluding hydrogens is 301 g/mol. The van der Waals surface area contributed by atoms with Crippen LogP contribution in [-0.2, 0) is 16.8 Å². The average molecular weight is 319 g/mol. The Hall–Kier alpha value is -2.63. The van der Waals surface area contributed by atoms with Crippen LogP contribution in [-0.4, -0.2) is 17.0 Å². The number of furan rings is 1. The molecule has 2 aromatic rings. The van der Waals surface area contributed by atoms with Crippen molar-refractivity contribution >= 4 is 11.9 Å². The number of carbonyl (C=O) groups is 2. The normalized spacial score (nSPS) is 11.3. The van der Waals surface area contributed by atoms with E-state index in [1.165, 1.54) is 18.2 Å². The SMILES string of the molecule is Cc1oc(CNC(=O)C(C)(C)c2cccc(F)c2)cc1C(=O)O. The first-order chi connectivity index (χ1) is 10.7. The van der Waals surface area contributed by atoms with Gasteiger partial charge in [-0.15, -0.1) is 0 Å². The summed E-state index contributed by atoms with van der Waals surface area (Å²) >= 11 is 0. The number of aromatic carboxylic acids is 1. The van der Waals surface area contributed by atoms with Crippen LogP contribution in [0.4, 0.5) is 4.39 Å². The van der Waals surface area contributed by atoms with Gasteiger partial charge in [-0.3, -0.25) is 4.79 Å². The van der Waals surface area contributed by atoms with E-state index in [-0.39, 0.29) is 23.8 Å². The van der Waals surface area contributed by atoms with Gasteiger partial charge >= 0.3 is 5.97 Å². The number of carboxylic acid groups (broad SMARTS) is 1. The van der Waals surface area contributed by atoms with Crippen molar-refractivity contribution in [1.29, 1.82) is 0 Å². The van der Waals surface area contributed by atoms with Gasteiger partial charge in [0, 0.05) is 0 Å². The molecule has 1 amide bonds. The van der Waals surface area contributed by atoms with Crippen molar-refractivity contribution in [3.8, 4) is 0 Å². The zero-order chi connectivity index (χ0) is 17.2. The Morgan fingerprint density at radius 3 is 2.57 bits per heavy atom. The minimum absolute atomic E-state index is 0.0612. The first kappa shape index (κ1) is 16.7. The van der Waals surface area contributed by atoms with Crippen LogP contribution in [0.2, 0.25) is 0 Å². The van der Waals surface area contributed by atoms with E-state index in [2.05, 4.69) is 5.32 Å². The van der Waals surface area contributed by atoms with Crippen molar-refractivity contribution in [3.63, 3.8) is 0 Å². The van der Waals surface area contributed by atoms with Crippen LogP contribution in [0.15, 0.2) is 34.7 Å². The highest BCUT2D eigenvalue weighted by Gasteiger charge is 2.30. The predicted octanol–water partition coefficient (Wildman–Crippen LogP) is 3.02. The third kappa shape index (κ3) is 3.59. The standard InChI is InChI=1S/C17H18FNO4/c1-10-14(15(20)21)8-13(23-10)9-19-16(22)17(2,3)11-5-4-6-12(18)7-11/h4-8H,9H2,1-3H3,(H,19,22)(H,20,21). The molecule has 0 saturated carbocycles. The number of aryl methyl sites for hydroxylation is 1. The average Bonchev–Trinajstić information content (AvgIpc) is 2.86. The van der Waals surface area contributed by atoms with Gasteiger partial charge in [-0.1, -0.05) is 12.1 Å². The maximum atomic E-state index is 13.3. The minimum Gasteiger partial charge on any atom is -0.478 e. The maximum absolute atomic E-state index is 13.3. The van der Waals surface area contributed by atoms with Crippen LogP contribution in [0.5, 0.6) is 0 Å². The fourth-order valence-electron chi connectivity index (χ4n) is 2.24. The lowest BCUT2D eigenvalue weighted by Gasteiger charge is -2.24. The van der Waals surface area contributed by atoms with E-state index in [0.717, 1.165) is 0 Å². The Kier molecular flexibility index (Phi) is 4.54. The minimum atomic E-state index is -1.08. The Labute approximate surface area is 133 Å². The third-order valence-corrected chi connectivity index (χ3v) is 3.74. The molecule has 23 heavy (non-hydrogen) atoms. The van der Waals surface area contributed by atoms with Gasteiger partial charge in [0.2, 0.25) is 5.91 Å². The van der Waals surface area contributed by atoms with E-state index in [9.17, 15) is 14.0 Å². The molecule has 1 heterocycles. The van der Waals surface area contributed by atoms with E-state index in [4.69, 9.17) is 9.52 Å². The van der Waals surface area contributed by atoms with Crippen LogP contribution >= 0.6 is 0 Å². The van der Waals surface area contributed by atoms with E-state index in [1.54, 1.807) is 32.9 Å². The number of hydrogen-bond donors (Lipinski definition) is 2. The third-order valence-electron chi connectivity index (χ3n) is 3.74. The molecule has 0 spiro atoms. The summed E-state index contributed by atoms with van der Waals surface area (Å²) in [6, 6.07) is 7.25. The second kappa shape index (κ2) is 6.24. The summed E-state index contributed by atoms with van der Waals surface area (Å²) in [5, 5.41) is 11.7. The summed E-state index contributed by atoms with van der Waals surface area (Å²) in [7, 11) is 0. The Balaban J connectivity index is 2.09. The monoisotopic (exact) mass is 319 g/mol. The van der Waals surface area contributed by atoms with E-state index >= 15 is 0 Å². The summed E-state index contributed by atoms with van der Waals surface area (Å²) in [4.78, 5) is 23.4. The van der Waals surface area contributed by atoms with Gasteiger partial charge in [0.1, 0.15) is 22.9 Å². The summed E-state index contributed by atoms with van der Waals surface area (Å²) in [5.41, 5.74) is -0.310. The van der Waals surface area contributed by atoms with Gasteiger partial charge in [-0.2, -0.15) is 0 Å². The first-order valence-electron chi connectivity index (χ1n) is 7.08. The van der Waals surface area contributed by atoms with Crippen LogP contribution in [0.1, 0.15) is 41.3 Å². The van der Waals surface area contributed by atoms with Crippen LogP contribution in [0.3, 0.4) is 0 Å². The molecule has 1 aromatic heterocycles. The van der Waals surface area contributed by atoms with Crippen LogP contribution in [0, 0.1) is 12.7 Å². The van der Waals surface area contributed by atoms with Crippen molar-refractivity contribution in [1.82, 2.24) is 5.32 Å². The number of carboxylic acids is 1.